The van der Waals surface area contributed by atoms with Crippen LogP contribution >= 0.6 is 11.8 Å². The standard InChI is InChI=1S/C11H20N4OS/c1-4-8(6-17-3)15-10-9(12)11(16-5-2)14-7-13-10/h7-8H,4-6,12H2,1-3H3,(H,13,14,15). The lowest BCUT2D eigenvalue weighted by atomic mass is 10.2. The summed E-state index contributed by atoms with van der Waals surface area (Å²) in [6.07, 6.45) is 4.57. The molecule has 1 rings (SSSR count). The summed E-state index contributed by atoms with van der Waals surface area (Å²) in [5, 5.41) is 3.32. The van der Waals surface area contributed by atoms with Crippen molar-refractivity contribution in [1.29, 1.82) is 0 Å². The fraction of sp³-hybridized carbons (Fsp3) is 0.636. The van der Waals surface area contributed by atoms with Crippen molar-refractivity contribution in [2.75, 3.05) is 29.7 Å². The van der Waals surface area contributed by atoms with Gasteiger partial charge in [0.1, 0.15) is 12.0 Å². The molecular formula is C11H20N4OS. The molecule has 0 bridgehead atoms. The minimum Gasteiger partial charge on any atom is -0.476 e. The molecule has 0 radical (unpaired) electrons. The van der Waals surface area contributed by atoms with Crippen LogP contribution in [0.25, 0.3) is 0 Å². The van der Waals surface area contributed by atoms with Gasteiger partial charge in [0, 0.05) is 11.8 Å². The monoisotopic (exact) mass is 256 g/mol. The molecule has 1 unspecified atom stereocenters. The molecule has 17 heavy (non-hydrogen) atoms. The van der Waals surface area contributed by atoms with Crippen LogP contribution in [0.15, 0.2) is 6.33 Å². The second kappa shape index (κ2) is 7.21. The Morgan fingerprint density at radius 2 is 2.24 bits per heavy atom. The highest BCUT2D eigenvalue weighted by atomic mass is 32.2. The van der Waals surface area contributed by atoms with Gasteiger partial charge in [-0.15, -0.1) is 0 Å². The summed E-state index contributed by atoms with van der Waals surface area (Å²) in [4.78, 5) is 8.16. The number of rotatable bonds is 7. The predicted molar refractivity (Wildman–Crippen MR) is 73.7 cm³/mol. The molecule has 0 saturated carbocycles. The van der Waals surface area contributed by atoms with Crippen LogP contribution in [0.4, 0.5) is 11.5 Å². The first-order valence-electron chi connectivity index (χ1n) is 5.71. The zero-order valence-electron chi connectivity index (χ0n) is 10.6. The zero-order valence-corrected chi connectivity index (χ0v) is 11.4. The predicted octanol–water partition coefficient (Wildman–Crippen LogP) is 2.01. The van der Waals surface area contributed by atoms with Crippen LogP contribution in [-0.4, -0.2) is 34.6 Å². The van der Waals surface area contributed by atoms with Crippen molar-refractivity contribution in [3.8, 4) is 5.88 Å². The van der Waals surface area contributed by atoms with E-state index in [-0.39, 0.29) is 0 Å². The lowest BCUT2D eigenvalue weighted by molar-refractivity contribution is 0.328. The fourth-order valence-corrected chi connectivity index (χ4v) is 2.12. The highest BCUT2D eigenvalue weighted by Gasteiger charge is 2.12. The van der Waals surface area contributed by atoms with Gasteiger partial charge in [0.15, 0.2) is 5.82 Å². The van der Waals surface area contributed by atoms with Crippen molar-refractivity contribution >= 4 is 23.3 Å². The molecule has 0 aliphatic heterocycles. The molecule has 0 spiro atoms. The molecule has 0 aliphatic carbocycles. The van der Waals surface area contributed by atoms with Crippen LogP contribution in [0, 0.1) is 0 Å². The lowest BCUT2D eigenvalue weighted by Crippen LogP contribution is -2.22. The zero-order chi connectivity index (χ0) is 12.7. The van der Waals surface area contributed by atoms with E-state index in [0.29, 0.717) is 30.0 Å². The molecule has 6 heteroatoms. The van der Waals surface area contributed by atoms with Crippen molar-refractivity contribution in [3.63, 3.8) is 0 Å². The first-order valence-corrected chi connectivity index (χ1v) is 7.11. The van der Waals surface area contributed by atoms with Gasteiger partial charge < -0.3 is 15.8 Å². The number of nitrogens with zero attached hydrogens (tertiary/aromatic N) is 2. The Labute approximate surface area is 107 Å². The van der Waals surface area contributed by atoms with Gasteiger partial charge >= 0.3 is 0 Å². The van der Waals surface area contributed by atoms with E-state index in [9.17, 15) is 0 Å². The maximum atomic E-state index is 5.95. The molecule has 0 saturated heterocycles. The third-order valence-corrected chi connectivity index (χ3v) is 3.07. The summed E-state index contributed by atoms with van der Waals surface area (Å²) in [6, 6.07) is 0.358. The summed E-state index contributed by atoms with van der Waals surface area (Å²) < 4.78 is 5.33. The Morgan fingerprint density at radius 1 is 1.47 bits per heavy atom. The number of nitrogen functional groups attached to an aromatic ring is 1. The summed E-state index contributed by atoms with van der Waals surface area (Å²) in [6.45, 7) is 4.58. The second-order valence-electron chi connectivity index (χ2n) is 3.58. The van der Waals surface area contributed by atoms with E-state index in [2.05, 4.69) is 28.5 Å². The van der Waals surface area contributed by atoms with Gasteiger partial charge in [0.05, 0.1) is 6.61 Å². The van der Waals surface area contributed by atoms with Crippen molar-refractivity contribution in [1.82, 2.24) is 9.97 Å². The van der Waals surface area contributed by atoms with Crippen LogP contribution < -0.4 is 15.8 Å². The van der Waals surface area contributed by atoms with E-state index in [1.54, 1.807) is 11.8 Å². The quantitative estimate of drug-likeness (QED) is 0.777. The maximum Gasteiger partial charge on any atom is 0.242 e. The largest absolute Gasteiger partial charge is 0.476 e. The SMILES string of the molecule is CCOc1ncnc(NC(CC)CSC)c1N. The van der Waals surface area contributed by atoms with Crippen LogP contribution in [0.2, 0.25) is 0 Å². The van der Waals surface area contributed by atoms with E-state index in [0.717, 1.165) is 12.2 Å². The van der Waals surface area contributed by atoms with Gasteiger partial charge in [0.2, 0.25) is 5.88 Å². The molecule has 1 aromatic rings. The maximum absolute atomic E-state index is 5.95. The average molecular weight is 256 g/mol. The second-order valence-corrected chi connectivity index (χ2v) is 4.49. The van der Waals surface area contributed by atoms with E-state index in [1.807, 2.05) is 6.92 Å². The number of anilines is 2. The number of ether oxygens (including phenoxy) is 1. The van der Waals surface area contributed by atoms with Crippen molar-refractivity contribution in [2.45, 2.75) is 26.3 Å². The molecule has 1 aromatic heterocycles. The third kappa shape index (κ3) is 3.96. The number of hydrogen-bond acceptors (Lipinski definition) is 6. The molecule has 96 valence electrons. The number of thioether (sulfide) groups is 1. The summed E-state index contributed by atoms with van der Waals surface area (Å²) in [7, 11) is 0. The van der Waals surface area contributed by atoms with E-state index >= 15 is 0 Å². The van der Waals surface area contributed by atoms with Gasteiger partial charge in [0.25, 0.3) is 0 Å². The molecule has 0 aliphatic rings. The molecule has 5 nitrogen and oxygen atoms in total. The minimum absolute atomic E-state index is 0.358. The summed E-state index contributed by atoms with van der Waals surface area (Å²) in [5.41, 5.74) is 6.43. The van der Waals surface area contributed by atoms with Gasteiger partial charge in [-0.3, -0.25) is 0 Å². The van der Waals surface area contributed by atoms with Crippen molar-refractivity contribution in [2.24, 2.45) is 0 Å². The number of nitrogens with one attached hydrogen (secondary N) is 1. The Bertz CT molecular complexity index is 348. The Kier molecular flexibility index (Phi) is 5.90. The van der Waals surface area contributed by atoms with Gasteiger partial charge in [-0.1, -0.05) is 6.92 Å². The van der Waals surface area contributed by atoms with Crippen molar-refractivity contribution < 1.29 is 4.74 Å². The Balaban J connectivity index is 2.79. The number of hydrogen-bond donors (Lipinski definition) is 2. The summed E-state index contributed by atoms with van der Waals surface area (Å²) >= 11 is 1.80. The summed E-state index contributed by atoms with van der Waals surface area (Å²) in [5.74, 6) is 2.12. The fourth-order valence-electron chi connectivity index (χ4n) is 1.40. The lowest BCUT2D eigenvalue weighted by Gasteiger charge is -2.18. The van der Waals surface area contributed by atoms with Crippen LogP contribution in [0.3, 0.4) is 0 Å². The molecule has 1 heterocycles. The van der Waals surface area contributed by atoms with E-state index < -0.39 is 0 Å². The highest BCUT2D eigenvalue weighted by Crippen LogP contribution is 2.25. The molecule has 1 atom stereocenters. The first-order chi connectivity index (χ1) is 8.22. The van der Waals surface area contributed by atoms with E-state index in [4.69, 9.17) is 10.5 Å². The van der Waals surface area contributed by atoms with E-state index in [1.165, 1.54) is 6.33 Å². The van der Waals surface area contributed by atoms with Gasteiger partial charge in [-0.25, -0.2) is 4.98 Å². The number of aromatic nitrogens is 2. The molecular weight excluding hydrogens is 236 g/mol. The molecule has 0 fully saturated rings. The van der Waals surface area contributed by atoms with Gasteiger partial charge in [-0.05, 0) is 19.6 Å². The molecule has 0 amide bonds. The third-order valence-electron chi connectivity index (χ3n) is 2.33. The average Bonchev–Trinajstić information content (AvgIpc) is 2.33. The Hall–Kier alpha value is -1.17. The van der Waals surface area contributed by atoms with Crippen LogP contribution in [0.1, 0.15) is 20.3 Å². The molecule has 3 N–H and O–H groups in total. The van der Waals surface area contributed by atoms with Crippen LogP contribution in [0.5, 0.6) is 5.88 Å². The topological polar surface area (TPSA) is 73.1 Å². The highest BCUT2D eigenvalue weighted by molar-refractivity contribution is 7.98. The normalized spacial score (nSPS) is 12.2. The number of nitrogens with two attached hydrogens (primary N) is 1. The first kappa shape index (κ1) is 13.9. The minimum atomic E-state index is 0.358. The molecule has 0 aromatic carbocycles. The van der Waals surface area contributed by atoms with Gasteiger partial charge in [-0.2, -0.15) is 16.7 Å². The van der Waals surface area contributed by atoms with Crippen molar-refractivity contribution in [3.05, 3.63) is 6.33 Å². The smallest absolute Gasteiger partial charge is 0.242 e. The Morgan fingerprint density at radius 3 is 2.82 bits per heavy atom. The van der Waals surface area contributed by atoms with Crippen LogP contribution in [-0.2, 0) is 0 Å².